The Morgan fingerprint density at radius 2 is 2.07 bits per heavy atom. The fraction of sp³-hybridized carbons (Fsp3) is 0.211. The van der Waals surface area contributed by atoms with Gasteiger partial charge < -0.3 is 19.2 Å². The molecule has 0 aliphatic rings. The fourth-order valence-corrected chi connectivity index (χ4v) is 3.80. The number of aromatic nitrogens is 3. The van der Waals surface area contributed by atoms with Crippen LogP contribution in [0.3, 0.4) is 0 Å². The van der Waals surface area contributed by atoms with Crippen molar-refractivity contribution in [2.24, 2.45) is 7.05 Å². The van der Waals surface area contributed by atoms with E-state index in [-0.39, 0.29) is 23.6 Å². The van der Waals surface area contributed by atoms with E-state index in [1.54, 1.807) is 29.0 Å². The zero-order valence-electron chi connectivity index (χ0n) is 15.7. The zero-order valence-corrected chi connectivity index (χ0v) is 18.0. The molecule has 3 rings (SSSR count). The van der Waals surface area contributed by atoms with E-state index in [2.05, 4.69) is 10.3 Å². The van der Waals surface area contributed by atoms with E-state index >= 15 is 0 Å². The molecule has 1 amide bonds. The molecule has 1 aromatic carbocycles. The van der Waals surface area contributed by atoms with Gasteiger partial charge >= 0.3 is 0 Å². The number of rotatable bonds is 7. The van der Waals surface area contributed by atoms with E-state index in [0.29, 0.717) is 27.2 Å². The van der Waals surface area contributed by atoms with E-state index in [1.165, 1.54) is 31.1 Å². The average Bonchev–Trinajstić information content (AvgIpc) is 3.09. The number of halogens is 2. The molecule has 3 aromatic rings. The van der Waals surface area contributed by atoms with Gasteiger partial charge in [-0.3, -0.25) is 9.59 Å². The summed E-state index contributed by atoms with van der Waals surface area (Å²) in [5.41, 5.74) is 0.957. The fourth-order valence-electron chi connectivity index (χ4n) is 2.58. The SMILES string of the molecule is COc1cn(CC(=O)Nc2ccc(Cl)c(Cl)c2)c(CSc2nccn2C)cc1=O. The van der Waals surface area contributed by atoms with Gasteiger partial charge in [0.2, 0.25) is 11.3 Å². The number of anilines is 1. The summed E-state index contributed by atoms with van der Waals surface area (Å²) in [5, 5.41) is 4.33. The molecule has 0 radical (unpaired) electrons. The Hall–Kier alpha value is -2.42. The molecule has 0 atom stereocenters. The number of benzene rings is 1. The number of amides is 1. The third kappa shape index (κ3) is 5.35. The summed E-state index contributed by atoms with van der Waals surface area (Å²) < 4.78 is 8.68. The molecule has 29 heavy (non-hydrogen) atoms. The Kier molecular flexibility index (Phi) is 6.89. The van der Waals surface area contributed by atoms with Crippen LogP contribution in [0.2, 0.25) is 10.0 Å². The Morgan fingerprint density at radius 3 is 2.72 bits per heavy atom. The van der Waals surface area contributed by atoms with Crippen LogP contribution in [0.25, 0.3) is 0 Å². The number of pyridine rings is 1. The number of imidazole rings is 1. The first-order chi connectivity index (χ1) is 13.9. The molecule has 2 aromatic heterocycles. The molecule has 1 N–H and O–H groups in total. The van der Waals surface area contributed by atoms with Crippen molar-refractivity contribution in [3.63, 3.8) is 0 Å². The third-order valence-electron chi connectivity index (χ3n) is 4.05. The van der Waals surface area contributed by atoms with Crippen LogP contribution in [-0.4, -0.2) is 27.1 Å². The molecule has 0 saturated heterocycles. The second kappa shape index (κ2) is 9.39. The van der Waals surface area contributed by atoms with Gasteiger partial charge in [-0.05, 0) is 18.2 Å². The summed E-state index contributed by atoms with van der Waals surface area (Å²) in [6.45, 7) is -0.00660. The molecule has 0 aliphatic carbocycles. The van der Waals surface area contributed by atoms with Gasteiger partial charge in [0.25, 0.3) is 0 Å². The van der Waals surface area contributed by atoms with Crippen LogP contribution in [0.1, 0.15) is 5.69 Å². The number of carbonyl (C=O) groups excluding carboxylic acids is 1. The highest BCUT2D eigenvalue weighted by molar-refractivity contribution is 7.98. The van der Waals surface area contributed by atoms with Gasteiger partial charge in [-0.25, -0.2) is 4.98 Å². The number of hydrogen-bond donors (Lipinski definition) is 1. The topological polar surface area (TPSA) is 78.2 Å². The lowest BCUT2D eigenvalue weighted by atomic mass is 10.3. The molecule has 10 heteroatoms. The van der Waals surface area contributed by atoms with E-state index in [9.17, 15) is 9.59 Å². The van der Waals surface area contributed by atoms with Crippen LogP contribution in [-0.2, 0) is 24.1 Å². The van der Waals surface area contributed by atoms with Crippen molar-refractivity contribution in [1.82, 2.24) is 14.1 Å². The third-order valence-corrected chi connectivity index (χ3v) is 5.88. The molecule has 0 bridgehead atoms. The summed E-state index contributed by atoms with van der Waals surface area (Å²) in [5.74, 6) is 0.347. The highest BCUT2D eigenvalue weighted by Gasteiger charge is 2.13. The molecule has 0 aliphatic heterocycles. The van der Waals surface area contributed by atoms with Gasteiger partial charge in [-0.2, -0.15) is 0 Å². The van der Waals surface area contributed by atoms with Crippen LogP contribution in [0.15, 0.2) is 52.8 Å². The Balaban J connectivity index is 1.80. The summed E-state index contributed by atoms with van der Waals surface area (Å²) >= 11 is 13.4. The number of aryl methyl sites for hydroxylation is 1. The Bertz CT molecular complexity index is 1100. The molecular formula is C19H18Cl2N4O3S. The van der Waals surface area contributed by atoms with Crippen LogP contribution in [0.5, 0.6) is 5.75 Å². The summed E-state index contributed by atoms with van der Waals surface area (Å²) in [4.78, 5) is 29.0. The molecular weight excluding hydrogens is 435 g/mol. The predicted molar refractivity (Wildman–Crippen MR) is 115 cm³/mol. The highest BCUT2D eigenvalue weighted by atomic mass is 35.5. The molecule has 7 nitrogen and oxygen atoms in total. The summed E-state index contributed by atoms with van der Waals surface area (Å²) in [6.07, 6.45) is 5.08. The van der Waals surface area contributed by atoms with Gasteiger partial charge in [-0.1, -0.05) is 35.0 Å². The number of methoxy groups -OCH3 is 1. The van der Waals surface area contributed by atoms with Gasteiger partial charge in [-0.15, -0.1) is 0 Å². The molecule has 0 unspecified atom stereocenters. The van der Waals surface area contributed by atoms with Crippen molar-refractivity contribution in [3.05, 3.63) is 68.8 Å². The van der Waals surface area contributed by atoms with E-state index in [0.717, 1.165) is 5.16 Å². The number of carbonyl (C=O) groups is 1. The molecule has 0 spiro atoms. The van der Waals surface area contributed by atoms with Crippen molar-refractivity contribution >= 4 is 46.6 Å². The largest absolute Gasteiger partial charge is 0.491 e. The minimum Gasteiger partial charge on any atom is -0.491 e. The second-order valence-electron chi connectivity index (χ2n) is 6.11. The van der Waals surface area contributed by atoms with Crippen LogP contribution in [0.4, 0.5) is 5.69 Å². The van der Waals surface area contributed by atoms with Crippen LogP contribution >= 0.6 is 35.0 Å². The first kappa shape index (κ1) is 21.3. The van der Waals surface area contributed by atoms with E-state index < -0.39 is 0 Å². The standard InChI is InChI=1S/C19H18Cl2N4O3S/c1-24-6-5-22-19(24)29-11-13-8-16(26)17(28-2)9-25(13)10-18(27)23-12-3-4-14(20)15(21)7-12/h3-9H,10-11H2,1-2H3,(H,23,27). The lowest BCUT2D eigenvalue weighted by molar-refractivity contribution is -0.116. The minimum atomic E-state index is -0.280. The molecule has 0 saturated carbocycles. The Morgan fingerprint density at radius 1 is 1.28 bits per heavy atom. The number of ether oxygens (including phenoxy) is 1. The first-order valence-corrected chi connectivity index (χ1v) is 10.2. The lowest BCUT2D eigenvalue weighted by Crippen LogP contribution is -2.22. The van der Waals surface area contributed by atoms with Gasteiger partial charge in [0.15, 0.2) is 10.9 Å². The summed E-state index contributed by atoms with van der Waals surface area (Å²) in [6, 6.07) is 6.32. The van der Waals surface area contributed by atoms with Crippen molar-refractivity contribution in [3.8, 4) is 5.75 Å². The molecule has 2 heterocycles. The highest BCUT2D eigenvalue weighted by Crippen LogP contribution is 2.25. The number of nitrogens with zero attached hydrogens (tertiary/aromatic N) is 3. The van der Waals surface area contributed by atoms with Gasteiger partial charge in [0.05, 0.1) is 23.4 Å². The normalized spacial score (nSPS) is 10.8. The van der Waals surface area contributed by atoms with Gasteiger partial charge in [0, 0.05) is 42.6 Å². The van der Waals surface area contributed by atoms with Crippen LogP contribution < -0.4 is 15.5 Å². The van der Waals surface area contributed by atoms with Crippen LogP contribution in [0, 0.1) is 0 Å². The maximum atomic E-state index is 12.6. The zero-order chi connectivity index (χ0) is 21.0. The van der Waals surface area contributed by atoms with E-state index in [4.69, 9.17) is 27.9 Å². The average molecular weight is 453 g/mol. The number of thioether (sulfide) groups is 1. The Labute approximate surface area is 181 Å². The van der Waals surface area contributed by atoms with Crippen molar-refractivity contribution < 1.29 is 9.53 Å². The smallest absolute Gasteiger partial charge is 0.244 e. The predicted octanol–water partition coefficient (Wildman–Crippen LogP) is 3.83. The second-order valence-corrected chi connectivity index (χ2v) is 7.87. The quantitative estimate of drug-likeness (QED) is 0.551. The minimum absolute atomic E-state index is 0.00660. The maximum absolute atomic E-state index is 12.6. The maximum Gasteiger partial charge on any atom is 0.244 e. The first-order valence-electron chi connectivity index (χ1n) is 8.49. The lowest BCUT2D eigenvalue weighted by Gasteiger charge is -2.15. The number of nitrogens with one attached hydrogen (secondary N) is 1. The van der Waals surface area contributed by atoms with Crippen molar-refractivity contribution in [1.29, 1.82) is 0 Å². The monoisotopic (exact) mass is 452 g/mol. The van der Waals surface area contributed by atoms with Gasteiger partial charge in [0.1, 0.15) is 6.54 Å². The molecule has 0 fully saturated rings. The van der Waals surface area contributed by atoms with Crippen molar-refractivity contribution in [2.45, 2.75) is 17.5 Å². The van der Waals surface area contributed by atoms with E-state index in [1.807, 2.05) is 17.8 Å². The molecule has 152 valence electrons. The summed E-state index contributed by atoms with van der Waals surface area (Å²) in [7, 11) is 3.31. The van der Waals surface area contributed by atoms with Crippen molar-refractivity contribution in [2.75, 3.05) is 12.4 Å². The number of hydrogen-bond acceptors (Lipinski definition) is 5.